The zero-order valence-corrected chi connectivity index (χ0v) is 31.1. The SMILES string of the molecule is C=CCc1cc(-c2ccc(OCCC[N+](C)(C)CC(=O)NCCCC)c(CC=C)c2)c2oc(-c3cc(Br)cc(Br)c3)nc2c1.[Br-]. The van der Waals surface area contributed by atoms with E-state index in [1.54, 1.807) is 0 Å². The molecule has 0 fully saturated rings. The van der Waals surface area contributed by atoms with Crippen molar-refractivity contribution >= 4 is 48.9 Å². The number of halogens is 3. The molecule has 240 valence electrons. The molecule has 0 unspecified atom stereocenters. The smallest absolute Gasteiger partial charge is 0.275 e. The Hall–Kier alpha value is -2.72. The first-order chi connectivity index (χ1) is 21.1. The molecule has 0 aliphatic rings. The van der Waals surface area contributed by atoms with Crippen molar-refractivity contribution in [2.24, 2.45) is 0 Å². The van der Waals surface area contributed by atoms with Gasteiger partial charge in [0, 0.05) is 33.0 Å². The zero-order valence-electron chi connectivity index (χ0n) is 26.3. The van der Waals surface area contributed by atoms with Crippen molar-refractivity contribution in [2.45, 2.75) is 39.0 Å². The van der Waals surface area contributed by atoms with Crippen LogP contribution in [-0.4, -0.2) is 55.7 Å². The third-order valence-electron chi connectivity index (χ3n) is 7.36. The Morgan fingerprint density at radius 3 is 2.42 bits per heavy atom. The number of carbonyl (C=O) groups is 1. The minimum atomic E-state index is 0. The Bertz CT molecular complexity index is 1610. The highest BCUT2D eigenvalue weighted by Gasteiger charge is 2.20. The number of carbonyl (C=O) groups excluding carboxylic acids is 1. The van der Waals surface area contributed by atoms with E-state index >= 15 is 0 Å². The summed E-state index contributed by atoms with van der Waals surface area (Å²) in [7, 11) is 4.17. The summed E-state index contributed by atoms with van der Waals surface area (Å²) >= 11 is 7.14. The Labute approximate surface area is 294 Å². The number of oxazole rings is 1. The largest absolute Gasteiger partial charge is 1.00 e. The lowest BCUT2D eigenvalue weighted by Gasteiger charge is -2.29. The van der Waals surface area contributed by atoms with Gasteiger partial charge in [-0.3, -0.25) is 4.79 Å². The summed E-state index contributed by atoms with van der Waals surface area (Å²) in [5, 5.41) is 3.02. The van der Waals surface area contributed by atoms with E-state index in [-0.39, 0.29) is 22.9 Å². The number of nitrogens with one attached hydrogen (secondary N) is 1. The number of nitrogens with zero attached hydrogens (tertiary/aromatic N) is 2. The van der Waals surface area contributed by atoms with E-state index in [0.717, 1.165) is 92.4 Å². The maximum atomic E-state index is 12.3. The van der Waals surface area contributed by atoms with Crippen LogP contribution in [0, 0.1) is 0 Å². The standard InChI is InChI=1S/C36H41Br2N3O3.BrH/c1-6-9-15-39-34(42)24-41(4,5)16-10-17-43-33-14-13-26(20-27(33)12-8-3)31-18-25(11-7-2)19-32-35(31)44-36(40-32)28-21-29(37)23-30(38)22-28;/h7-8,13-14,18-23H,2-3,6,9-12,15-17,24H2,1,4-5H3;1H. The van der Waals surface area contributed by atoms with Gasteiger partial charge >= 0.3 is 0 Å². The monoisotopic (exact) mass is 801 g/mol. The Balaban J connectivity index is 0.00000552. The van der Waals surface area contributed by atoms with Gasteiger partial charge in [-0.05, 0) is 78.4 Å². The molecule has 4 aromatic rings. The van der Waals surface area contributed by atoms with E-state index in [1.165, 1.54) is 0 Å². The number of unbranched alkanes of at least 4 members (excludes halogenated alkanes) is 1. The quantitative estimate of drug-likeness (QED) is 0.0871. The molecule has 0 bridgehead atoms. The number of likely N-dealkylation sites (N-methyl/N-ethyl adjacent to an activating group) is 1. The molecule has 0 atom stereocenters. The molecule has 0 radical (unpaired) electrons. The first-order valence-corrected chi connectivity index (χ1v) is 16.7. The van der Waals surface area contributed by atoms with E-state index in [1.807, 2.05) is 36.4 Å². The van der Waals surface area contributed by atoms with Crippen molar-refractivity contribution in [3.63, 3.8) is 0 Å². The summed E-state index contributed by atoms with van der Waals surface area (Å²) in [5.74, 6) is 1.50. The van der Waals surface area contributed by atoms with Crippen molar-refractivity contribution < 1.29 is 35.4 Å². The summed E-state index contributed by atoms with van der Waals surface area (Å²) in [6, 6.07) is 16.5. The van der Waals surface area contributed by atoms with Crippen molar-refractivity contribution in [1.82, 2.24) is 10.3 Å². The summed E-state index contributed by atoms with van der Waals surface area (Å²) in [6.07, 6.45) is 8.10. The molecular weight excluding hydrogens is 762 g/mol. The predicted molar refractivity (Wildman–Crippen MR) is 188 cm³/mol. The zero-order chi connectivity index (χ0) is 31.7. The molecule has 4 rings (SSSR count). The summed E-state index contributed by atoms with van der Waals surface area (Å²) in [6.45, 7) is 12.6. The van der Waals surface area contributed by atoms with E-state index < -0.39 is 0 Å². The van der Waals surface area contributed by atoms with Gasteiger partial charge in [-0.25, -0.2) is 4.98 Å². The van der Waals surface area contributed by atoms with Gasteiger partial charge in [0.05, 0.1) is 27.2 Å². The van der Waals surface area contributed by atoms with Crippen molar-refractivity contribution in [1.29, 1.82) is 0 Å². The molecule has 0 spiro atoms. The average Bonchev–Trinajstić information content (AvgIpc) is 3.40. The molecule has 9 heteroatoms. The second-order valence-corrected chi connectivity index (χ2v) is 13.5. The van der Waals surface area contributed by atoms with Gasteiger partial charge in [0.25, 0.3) is 5.91 Å². The molecule has 45 heavy (non-hydrogen) atoms. The highest BCUT2D eigenvalue weighted by Crippen LogP contribution is 2.37. The topological polar surface area (TPSA) is 64.4 Å². The first kappa shape index (κ1) is 36.7. The fraction of sp³-hybridized carbons (Fsp3) is 0.333. The fourth-order valence-electron chi connectivity index (χ4n) is 5.20. The molecule has 1 heterocycles. The van der Waals surface area contributed by atoms with Gasteiger partial charge in [0.15, 0.2) is 12.1 Å². The number of benzene rings is 3. The maximum Gasteiger partial charge on any atom is 0.275 e. The number of aromatic nitrogens is 1. The summed E-state index contributed by atoms with van der Waals surface area (Å²) < 4.78 is 15.2. The number of quaternary nitrogens is 1. The minimum absolute atomic E-state index is 0. The lowest BCUT2D eigenvalue weighted by molar-refractivity contribution is -0.882. The minimum Gasteiger partial charge on any atom is -1.00 e. The number of rotatable bonds is 16. The highest BCUT2D eigenvalue weighted by molar-refractivity contribution is 9.11. The van der Waals surface area contributed by atoms with Gasteiger partial charge < -0.3 is 35.9 Å². The van der Waals surface area contributed by atoms with Crippen LogP contribution in [0.2, 0.25) is 0 Å². The maximum absolute atomic E-state index is 12.3. The number of hydrogen-bond donors (Lipinski definition) is 1. The van der Waals surface area contributed by atoms with Gasteiger partial charge in [-0.1, -0.05) is 63.4 Å². The van der Waals surface area contributed by atoms with Crippen LogP contribution in [0.3, 0.4) is 0 Å². The van der Waals surface area contributed by atoms with Crippen molar-refractivity contribution in [3.8, 4) is 28.3 Å². The van der Waals surface area contributed by atoms with Crippen LogP contribution < -0.4 is 27.0 Å². The summed E-state index contributed by atoms with van der Waals surface area (Å²) in [4.78, 5) is 17.2. The molecule has 3 aromatic carbocycles. The molecule has 1 N–H and O–H groups in total. The van der Waals surface area contributed by atoms with Gasteiger partial charge in [-0.15, -0.1) is 13.2 Å². The molecule has 6 nitrogen and oxygen atoms in total. The number of amides is 1. The van der Waals surface area contributed by atoms with Crippen LogP contribution in [-0.2, 0) is 17.6 Å². The number of hydrogen-bond acceptors (Lipinski definition) is 4. The van der Waals surface area contributed by atoms with Gasteiger partial charge in [0.1, 0.15) is 11.3 Å². The molecule has 1 aromatic heterocycles. The average molecular weight is 804 g/mol. The van der Waals surface area contributed by atoms with Crippen LogP contribution >= 0.6 is 31.9 Å². The van der Waals surface area contributed by atoms with Crippen molar-refractivity contribution in [2.75, 3.05) is 40.3 Å². The van der Waals surface area contributed by atoms with E-state index in [2.05, 4.69) is 95.6 Å². The predicted octanol–water partition coefficient (Wildman–Crippen LogP) is 5.91. The van der Waals surface area contributed by atoms with E-state index in [4.69, 9.17) is 14.1 Å². The molecule has 0 aliphatic heterocycles. The Morgan fingerprint density at radius 2 is 1.73 bits per heavy atom. The fourth-order valence-corrected chi connectivity index (χ4v) is 6.49. The van der Waals surface area contributed by atoms with E-state index in [0.29, 0.717) is 29.9 Å². The van der Waals surface area contributed by atoms with Gasteiger partial charge in [-0.2, -0.15) is 0 Å². The molecule has 0 saturated heterocycles. The molecule has 1 amide bonds. The molecule has 0 aliphatic carbocycles. The Kier molecular flexibility index (Phi) is 14.1. The summed E-state index contributed by atoms with van der Waals surface area (Å²) in [5.41, 5.74) is 6.59. The lowest BCUT2D eigenvalue weighted by Crippen LogP contribution is -3.00. The third-order valence-corrected chi connectivity index (χ3v) is 8.28. The molecular formula is C36H42Br3N3O3. The third kappa shape index (κ3) is 10.4. The van der Waals surface area contributed by atoms with Crippen LogP contribution in [0.15, 0.2) is 87.2 Å². The van der Waals surface area contributed by atoms with Crippen LogP contribution in [0.1, 0.15) is 37.3 Å². The Morgan fingerprint density at radius 1 is 1.00 bits per heavy atom. The number of ether oxygens (including phenoxy) is 1. The number of fused-ring (bicyclic) bond motifs is 1. The highest BCUT2D eigenvalue weighted by atomic mass is 79.9. The van der Waals surface area contributed by atoms with Crippen LogP contribution in [0.5, 0.6) is 5.75 Å². The van der Waals surface area contributed by atoms with Gasteiger partial charge in [0.2, 0.25) is 5.89 Å². The lowest BCUT2D eigenvalue weighted by atomic mass is 9.97. The second-order valence-electron chi connectivity index (χ2n) is 11.7. The molecule has 0 saturated carbocycles. The first-order valence-electron chi connectivity index (χ1n) is 15.1. The normalized spacial score (nSPS) is 11.2. The second kappa shape index (κ2) is 17.3. The van der Waals surface area contributed by atoms with Crippen molar-refractivity contribution in [3.05, 3.63) is 93.9 Å². The van der Waals surface area contributed by atoms with Crippen LogP contribution in [0.25, 0.3) is 33.7 Å². The van der Waals surface area contributed by atoms with E-state index in [9.17, 15) is 4.79 Å². The van der Waals surface area contributed by atoms with Crippen LogP contribution in [0.4, 0.5) is 0 Å². The number of allylic oxidation sites excluding steroid dienone is 2.